The van der Waals surface area contributed by atoms with Crippen LogP contribution in [0.4, 0.5) is 0 Å². The van der Waals surface area contributed by atoms with E-state index in [-0.39, 0.29) is 11.9 Å². The molecule has 3 rings (SSSR count). The van der Waals surface area contributed by atoms with E-state index < -0.39 is 0 Å². The van der Waals surface area contributed by atoms with E-state index in [0.29, 0.717) is 11.8 Å². The van der Waals surface area contributed by atoms with Crippen molar-refractivity contribution in [1.82, 2.24) is 0 Å². The second kappa shape index (κ2) is 2.41. The molecule has 3 atom stereocenters. The van der Waals surface area contributed by atoms with E-state index in [1.54, 1.807) is 12.5 Å². The van der Waals surface area contributed by atoms with Gasteiger partial charge in [-0.25, -0.2) is 0 Å². The Balaban J connectivity index is 1.77. The Morgan fingerprint density at radius 2 is 2.00 bits per heavy atom. The smallest absolute Gasteiger partial charge is 0.253 e. The van der Waals surface area contributed by atoms with Crippen molar-refractivity contribution in [2.45, 2.75) is 37.6 Å². The second-order valence-corrected chi connectivity index (χ2v) is 4.29. The quantitative estimate of drug-likeness (QED) is 0.615. The number of hydrogen-bond donors (Lipinski definition) is 1. The van der Waals surface area contributed by atoms with Crippen LogP contribution < -0.4 is 0 Å². The van der Waals surface area contributed by atoms with Crippen molar-refractivity contribution in [2.75, 3.05) is 0 Å². The zero-order valence-electron chi connectivity index (χ0n) is 7.48. The molecule has 2 aliphatic carbocycles. The van der Waals surface area contributed by atoms with Gasteiger partial charge in [-0.05, 0) is 12.8 Å². The van der Waals surface area contributed by atoms with E-state index in [1.807, 2.05) is 0 Å². The number of fused-ring (bicyclic) bond motifs is 2. The molecule has 0 aromatic carbocycles. The zero-order chi connectivity index (χ0) is 8.89. The lowest BCUT2D eigenvalue weighted by atomic mass is 9.60. The third-order valence-electron chi connectivity index (χ3n) is 3.70. The monoisotopic (exact) mass is 182 g/mol. The Labute approximate surface area is 77.3 Å². The summed E-state index contributed by atoms with van der Waals surface area (Å²) in [5, 5.41) is 9.71. The molecular weight excluding hydrogens is 168 g/mol. The summed E-state index contributed by atoms with van der Waals surface area (Å²) in [5.74, 6) is 0.436. The molecule has 0 bridgehead atoms. The van der Waals surface area contributed by atoms with Gasteiger partial charge in [-0.1, -0.05) is 6.42 Å². The molecule has 72 valence electrons. The van der Waals surface area contributed by atoms with Gasteiger partial charge in [0.1, 0.15) is 12.5 Å². The summed E-state index contributed by atoms with van der Waals surface area (Å²) < 4.78 is 11.0. The lowest BCUT2D eigenvalue weighted by molar-refractivity contribution is -0.290. The molecule has 1 aliphatic heterocycles. The second-order valence-electron chi connectivity index (χ2n) is 4.29. The highest BCUT2D eigenvalue weighted by Gasteiger charge is 2.61. The number of aliphatic hydroxyl groups excluding tert-OH is 1. The van der Waals surface area contributed by atoms with E-state index in [9.17, 15) is 5.11 Å². The molecule has 0 radical (unpaired) electrons. The standard InChI is InChI=1S/C10H14O3/c11-9-3-1-2-8-7(9)6-10(8)12-4-5-13-10/h4-5,7-9,11H,1-3,6H2. The van der Waals surface area contributed by atoms with Crippen LogP contribution in [0.1, 0.15) is 25.7 Å². The van der Waals surface area contributed by atoms with Crippen LogP contribution >= 0.6 is 0 Å². The summed E-state index contributed by atoms with van der Waals surface area (Å²) in [6, 6.07) is 0. The number of aliphatic hydroxyl groups is 1. The molecule has 3 heteroatoms. The maximum atomic E-state index is 9.71. The van der Waals surface area contributed by atoms with Crippen LogP contribution in [-0.4, -0.2) is 17.0 Å². The summed E-state index contributed by atoms with van der Waals surface area (Å²) in [7, 11) is 0. The van der Waals surface area contributed by atoms with Gasteiger partial charge in [0.15, 0.2) is 0 Å². The maximum Gasteiger partial charge on any atom is 0.253 e. The average Bonchev–Trinajstić information content (AvgIpc) is 2.58. The third-order valence-corrected chi connectivity index (χ3v) is 3.70. The van der Waals surface area contributed by atoms with Crippen molar-refractivity contribution in [3.63, 3.8) is 0 Å². The summed E-state index contributed by atoms with van der Waals surface area (Å²) in [6.07, 6.45) is 7.14. The molecular formula is C10H14O3. The Kier molecular flexibility index (Phi) is 1.42. The van der Waals surface area contributed by atoms with Crippen LogP contribution in [0.3, 0.4) is 0 Å². The fraction of sp³-hybridized carbons (Fsp3) is 0.800. The predicted molar refractivity (Wildman–Crippen MR) is 45.5 cm³/mol. The van der Waals surface area contributed by atoms with Crippen LogP contribution in [0.25, 0.3) is 0 Å². The normalized spacial score (nSPS) is 44.8. The van der Waals surface area contributed by atoms with Crippen LogP contribution in [0.15, 0.2) is 12.5 Å². The molecule has 3 nitrogen and oxygen atoms in total. The minimum absolute atomic E-state index is 0.128. The first-order chi connectivity index (χ1) is 6.32. The largest absolute Gasteiger partial charge is 0.456 e. The predicted octanol–water partition coefficient (Wildman–Crippen LogP) is 1.38. The molecule has 0 aromatic rings. The fourth-order valence-electron chi connectivity index (χ4n) is 2.97. The number of ether oxygens (including phenoxy) is 2. The van der Waals surface area contributed by atoms with Gasteiger partial charge in [-0.15, -0.1) is 0 Å². The zero-order valence-corrected chi connectivity index (χ0v) is 7.48. The highest BCUT2D eigenvalue weighted by atomic mass is 16.7. The lowest BCUT2D eigenvalue weighted by Crippen LogP contribution is -2.59. The van der Waals surface area contributed by atoms with Crippen molar-refractivity contribution >= 4 is 0 Å². The van der Waals surface area contributed by atoms with E-state index in [2.05, 4.69) is 0 Å². The van der Waals surface area contributed by atoms with Crippen LogP contribution in [0.5, 0.6) is 0 Å². The molecule has 2 fully saturated rings. The molecule has 1 spiro atoms. The maximum absolute atomic E-state index is 9.71. The molecule has 3 aliphatic rings. The van der Waals surface area contributed by atoms with Crippen molar-refractivity contribution < 1.29 is 14.6 Å². The molecule has 0 aromatic heterocycles. The minimum Gasteiger partial charge on any atom is -0.456 e. The minimum atomic E-state index is -0.383. The molecule has 2 saturated carbocycles. The van der Waals surface area contributed by atoms with Crippen molar-refractivity contribution in [3.05, 3.63) is 12.5 Å². The average molecular weight is 182 g/mol. The van der Waals surface area contributed by atoms with Gasteiger partial charge >= 0.3 is 0 Å². The Bertz CT molecular complexity index is 241. The molecule has 3 unspecified atom stereocenters. The molecule has 1 heterocycles. The van der Waals surface area contributed by atoms with Gasteiger partial charge in [-0.3, -0.25) is 0 Å². The van der Waals surface area contributed by atoms with Crippen LogP contribution in [0, 0.1) is 11.8 Å². The molecule has 1 N–H and O–H groups in total. The van der Waals surface area contributed by atoms with Crippen molar-refractivity contribution in [1.29, 1.82) is 0 Å². The molecule has 13 heavy (non-hydrogen) atoms. The van der Waals surface area contributed by atoms with Gasteiger partial charge in [-0.2, -0.15) is 0 Å². The Hall–Kier alpha value is -0.700. The SMILES string of the molecule is OC1CCCC2C1CC21OC=CO1. The number of rotatable bonds is 0. The van der Waals surface area contributed by atoms with Gasteiger partial charge in [0.2, 0.25) is 0 Å². The van der Waals surface area contributed by atoms with Crippen molar-refractivity contribution in [2.24, 2.45) is 11.8 Å². The highest BCUT2D eigenvalue weighted by molar-refractivity contribution is 5.06. The van der Waals surface area contributed by atoms with Crippen molar-refractivity contribution in [3.8, 4) is 0 Å². The Morgan fingerprint density at radius 3 is 2.77 bits per heavy atom. The summed E-state index contributed by atoms with van der Waals surface area (Å²) in [6.45, 7) is 0. The van der Waals surface area contributed by atoms with Crippen LogP contribution in [-0.2, 0) is 9.47 Å². The fourth-order valence-corrected chi connectivity index (χ4v) is 2.97. The van der Waals surface area contributed by atoms with Gasteiger partial charge in [0, 0.05) is 18.3 Å². The third kappa shape index (κ3) is 0.881. The van der Waals surface area contributed by atoms with E-state index in [0.717, 1.165) is 25.7 Å². The first-order valence-electron chi connectivity index (χ1n) is 5.00. The molecule has 0 saturated heterocycles. The van der Waals surface area contributed by atoms with Gasteiger partial charge in [0.05, 0.1) is 6.10 Å². The van der Waals surface area contributed by atoms with E-state index in [1.165, 1.54) is 0 Å². The lowest BCUT2D eigenvalue weighted by Gasteiger charge is -2.54. The summed E-state index contributed by atoms with van der Waals surface area (Å²) in [4.78, 5) is 0. The van der Waals surface area contributed by atoms with E-state index >= 15 is 0 Å². The highest BCUT2D eigenvalue weighted by Crippen LogP contribution is 2.55. The summed E-state index contributed by atoms with van der Waals surface area (Å²) in [5.41, 5.74) is 0. The first-order valence-corrected chi connectivity index (χ1v) is 5.00. The summed E-state index contributed by atoms with van der Waals surface area (Å²) >= 11 is 0. The number of hydrogen-bond acceptors (Lipinski definition) is 3. The Morgan fingerprint density at radius 1 is 1.23 bits per heavy atom. The molecule has 0 amide bonds. The van der Waals surface area contributed by atoms with Gasteiger partial charge in [0.25, 0.3) is 5.79 Å². The van der Waals surface area contributed by atoms with Gasteiger partial charge < -0.3 is 14.6 Å². The van der Waals surface area contributed by atoms with E-state index in [4.69, 9.17) is 9.47 Å². The first kappa shape index (κ1) is 7.68. The van der Waals surface area contributed by atoms with Crippen LogP contribution in [0.2, 0.25) is 0 Å². The topological polar surface area (TPSA) is 38.7 Å².